The third-order valence-electron chi connectivity index (χ3n) is 4.10. The molecule has 1 aromatic carbocycles. The van der Waals surface area contributed by atoms with Gasteiger partial charge >= 0.3 is 0 Å². The van der Waals surface area contributed by atoms with Crippen LogP contribution in [0.2, 0.25) is 0 Å². The predicted molar refractivity (Wildman–Crippen MR) is 70.8 cm³/mol. The van der Waals surface area contributed by atoms with E-state index in [1.165, 1.54) is 11.1 Å². The molecule has 18 heavy (non-hydrogen) atoms. The maximum Gasteiger partial charge on any atom is 0.226 e. The summed E-state index contributed by atoms with van der Waals surface area (Å²) in [5, 5.41) is 0. The number of likely N-dealkylation sites (tertiary alicyclic amines) is 1. The van der Waals surface area contributed by atoms with Crippen LogP contribution in [0.1, 0.15) is 24.8 Å². The second-order valence-electron chi connectivity index (χ2n) is 5.14. The first kappa shape index (κ1) is 11.3. The monoisotopic (exact) mass is 239 g/mol. The minimum Gasteiger partial charge on any atom is -0.331 e. The Morgan fingerprint density at radius 1 is 1.33 bits per heavy atom. The number of hydrogen-bond donors (Lipinski definition) is 0. The second kappa shape index (κ2) is 4.47. The number of carbonyl (C=O) groups excluding carboxylic acids is 1. The van der Waals surface area contributed by atoms with E-state index in [-0.39, 0.29) is 12.0 Å². The Kier molecular flexibility index (Phi) is 2.81. The van der Waals surface area contributed by atoms with Gasteiger partial charge in [-0.3, -0.25) is 4.79 Å². The number of benzene rings is 1. The van der Waals surface area contributed by atoms with Crippen LogP contribution in [-0.2, 0) is 11.3 Å². The summed E-state index contributed by atoms with van der Waals surface area (Å²) >= 11 is 0. The molecular formula is C16H17NO. The number of hydrogen-bond acceptors (Lipinski definition) is 1. The molecule has 2 heteroatoms. The van der Waals surface area contributed by atoms with E-state index in [2.05, 4.69) is 24.4 Å². The van der Waals surface area contributed by atoms with Gasteiger partial charge in [-0.1, -0.05) is 36.9 Å². The molecule has 1 aliphatic carbocycles. The average Bonchev–Trinajstić information content (AvgIpc) is 2.66. The van der Waals surface area contributed by atoms with Crippen molar-refractivity contribution in [3.05, 3.63) is 53.8 Å². The predicted octanol–water partition coefficient (Wildman–Crippen LogP) is 2.91. The minimum atomic E-state index is 0.232. The van der Waals surface area contributed by atoms with Gasteiger partial charge in [-0.2, -0.15) is 0 Å². The smallest absolute Gasteiger partial charge is 0.226 e. The van der Waals surface area contributed by atoms with Gasteiger partial charge in [-0.05, 0) is 30.4 Å². The molecule has 3 rings (SSSR count). The lowest BCUT2D eigenvalue weighted by Gasteiger charge is -2.26. The van der Waals surface area contributed by atoms with Crippen molar-refractivity contribution in [2.75, 3.05) is 0 Å². The Bertz CT molecular complexity index is 513. The molecule has 2 aliphatic rings. The maximum absolute atomic E-state index is 12.3. The Labute approximate surface area is 108 Å². The van der Waals surface area contributed by atoms with E-state index < -0.39 is 0 Å². The summed E-state index contributed by atoms with van der Waals surface area (Å²) in [7, 11) is 0. The van der Waals surface area contributed by atoms with Crippen LogP contribution in [0.15, 0.2) is 48.2 Å². The van der Waals surface area contributed by atoms with Crippen molar-refractivity contribution < 1.29 is 4.79 Å². The zero-order valence-electron chi connectivity index (χ0n) is 10.4. The highest BCUT2D eigenvalue weighted by Crippen LogP contribution is 2.39. The van der Waals surface area contributed by atoms with Gasteiger partial charge in [0.15, 0.2) is 0 Å². The normalized spacial score (nSPS) is 26.3. The molecule has 1 aromatic rings. The summed E-state index contributed by atoms with van der Waals surface area (Å²) in [5.41, 5.74) is 5.45. The lowest BCUT2D eigenvalue weighted by molar-refractivity contribution is -0.131. The van der Waals surface area contributed by atoms with Gasteiger partial charge in [0.25, 0.3) is 0 Å². The fraction of sp³-hybridized carbons (Fsp3) is 0.375. The lowest BCUT2D eigenvalue weighted by Crippen LogP contribution is -2.33. The quantitative estimate of drug-likeness (QED) is 0.727. The topological polar surface area (TPSA) is 20.3 Å². The summed E-state index contributed by atoms with van der Waals surface area (Å²) in [6.45, 7) is 4.48. The minimum absolute atomic E-state index is 0.232. The molecule has 1 saturated carbocycles. The van der Waals surface area contributed by atoms with E-state index in [4.69, 9.17) is 0 Å². The molecule has 1 aliphatic heterocycles. The van der Waals surface area contributed by atoms with Crippen molar-refractivity contribution in [2.24, 2.45) is 5.92 Å². The van der Waals surface area contributed by atoms with Gasteiger partial charge in [-0.15, -0.1) is 5.73 Å². The first-order chi connectivity index (χ1) is 8.79. The maximum atomic E-state index is 12.3. The summed E-state index contributed by atoms with van der Waals surface area (Å²) in [6, 6.07) is 10.4. The molecule has 2 bridgehead atoms. The standard InChI is InChI=1S/C16H17NO/c1-2-13-8-9-14-10-15(13)17(16(14)18)11-12-6-4-3-5-7-12/h3-7,14-15H,1,8-11H2. The van der Waals surface area contributed by atoms with Gasteiger partial charge in [0.05, 0.1) is 6.04 Å². The Morgan fingerprint density at radius 2 is 2.11 bits per heavy atom. The van der Waals surface area contributed by atoms with E-state index in [0.717, 1.165) is 19.3 Å². The van der Waals surface area contributed by atoms with Crippen molar-refractivity contribution in [1.29, 1.82) is 0 Å². The summed E-state index contributed by atoms with van der Waals surface area (Å²) in [5.74, 6) is 0.546. The van der Waals surface area contributed by atoms with Crippen LogP contribution in [0.25, 0.3) is 0 Å². The lowest BCUT2D eigenvalue weighted by atomic mass is 9.86. The van der Waals surface area contributed by atoms with Crippen molar-refractivity contribution in [2.45, 2.75) is 31.8 Å². The Balaban J connectivity index is 1.87. The highest BCUT2D eigenvalue weighted by atomic mass is 16.2. The first-order valence-corrected chi connectivity index (χ1v) is 6.53. The van der Waals surface area contributed by atoms with Crippen molar-refractivity contribution in [3.63, 3.8) is 0 Å². The average molecular weight is 239 g/mol. The third kappa shape index (κ3) is 1.79. The molecule has 0 radical (unpaired) electrons. The molecule has 1 heterocycles. The van der Waals surface area contributed by atoms with E-state index in [0.29, 0.717) is 12.5 Å². The van der Waals surface area contributed by atoms with Crippen LogP contribution >= 0.6 is 0 Å². The SMILES string of the molecule is C=C=C1CCC2CC1N(Cc1ccccc1)C2=O. The van der Waals surface area contributed by atoms with Gasteiger partial charge < -0.3 is 4.90 Å². The van der Waals surface area contributed by atoms with Gasteiger partial charge in [0.2, 0.25) is 5.91 Å². The van der Waals surface area contributed by atoms with Crippen molar-refractivity contribution in [3.8, 4) is 0 Å². The van der Waals surface area contributed by atoms with E-state index in [9.17, 15) is 4.79 Å². The highest BCUT2D eigenvalue weighted by Gasteiger charge is 2.43. The Morgan fingerprint density at radius 3 is 2.83 bits per heavy atom. The molecule has 1 amide bonds. The fourth-order valence-corrected chi connectivity index (χ4v) is 3.13. The highest BCUT2D eigenvalue weighted by molar-refractivity contribution is 5.82. The fourth-order valence-electron chi connectivity index (χ4n) is 3.13. The van der Waals surface area contributed by atoms with E-state index in [1.54, 1.807) is 0 Å². The summed E-state index contributed by atoms with van der Waals surface area (Å²) < 4.78 is 0. The second-order valence-corrected chi connectivity index (χ2v) is 5.14. The molecule has 2 atom stereocenters. The van der Waals surface area contributed by atoms with Crippen LogP contribution < -0.4 is 0 Å². The largest absolute Gasteiger partial charge is 0.331 e. The molecule has 92 valence electrons. The summed E-state index contributed by atoms with van der Waals surface area (Å²) in [6.07, 6.45) is 2.91. The molecule has 2 unspecified atom stereocenters. The zero-order chi connectivity index (χ0) is 12.5. The number of rotatable bonds is 2. The Hall–Kier alpha value is -1.79. The van der Waals surface area contributed by atoms with Gasteiger partial charge in [0, 0.05) is 12.5 Å². The van der Waals surface area contributed by atoms with E-state index >= 15 is 0 Å². The number of carbonyl (C=O) groups is 1. The molecule has 0 spiro atoms. The summed E-state index contributed by atoms with van der Waals surface area (Å²) in [4.78, 5) is 14.3. The van der Waals surface area contributed by atoms with Crippen molar-refractivity contribution in [1.82, 2.24) is 4.90 Å². The van der Waals surface area contributed by atoms with Crippen LogP contribution in [0.3, 0.4) is 0 Å². The van der Waals surface area contributed by atoms with Gasteiger partial charge in [-0.25, -0.2) is 0 Å². The van der Waals surface area contributed by atoms with Crippen LogP contribution in [0, 0.1) is 5.92 Å². The molecule has 1 saturated heterocycles. The molecular weight excluding hydrogens is 222 g/mol. The van der Waals surface area contributed by atoms with Crippen LogP contribution in [-0.4, -0.2) is 16.8 Å². The van der Waals surface area contributed by atoms with Crippen LogP contribution in [0.4, 0.5) is 0 Å². The number of fused-ring (bicyclic) bond motifs is 2. The molecule has 2 fully saturated rings. The van der Waals surface area contributed by atoms with Crippen LogP contribution in [0.5, 0.6) is 0 Å². The van der Waals surface area contributed by atoms with E-state index in [1.807, 2.05) is 23.1 Å². The third-order valence-corrected chi connectivity index (χ3v) is 4.10. The van der Waals surface area contributed by atoms with Crippen molar-refractivity contribution >= 4 is 5.91 Å². The zero-order valence-corrected chi connectivity index (χ0v) is 10.4. The molecule has 2 nitrogen and oxygen atoms in total. The van der Waals surface area contributed by atoms with Gasteiger partial charge in [0.1, 0.15) is 0 Å². The number of amides is 1. The molecule has 0 aromatic heterocycles. The first-order valence-electron chi connectivity index (χ1n) is 6.53. The number of nitrogens with zero attached hydrogens (tertiary/aromatic N) is 1. The molecule has 0 N–H and O–H groups in total.